The standard InChI is InChI=1S/C16H19N3O3/c1-19(16-5-6-17-15(18-16)11-20-2)10-12-3-4-13-14(9-12)22-8-7-21-13/h3-6,9H,7-8,10-11H2,1-2H3. The third-order valence-electron chi connectivity index (χ3n) is 3.38. The molecule has 116 valence electrons. The lowest BCUT2D eigenvalue weighted by atomic mass is 10.2. The summed E-state index contributed by atoms with van der Waals surface area (Å²) in [5, 5.41) is 0. The number of nitrogens with zero attached hydrogens (tertiary/aromatic N) is 3. The molecule has 0 N–H and O–H groups in total. The minimum Gasteiger partial charge on any atom is -0.486 e. The third kappa shape index (κ3) is 3.28. The fourth-order valence-electron chi connectivity index (χ4n) is 2.34. The molecule has 0 saturated heterocycles. The van der Waals surface area contributed by atoms with Gasteiger partial charge in [0.2, 0.25) is 0 Å². The molecule has 22 heavy (non-hydrogen) atoms. The molecule has 0 aliphatic carbocycles. The number of benzene rings is 1. The molecular weight excluding hydrogens is 282 g/mol. The van der Waals surface area contributed by atoms with E-state index in [0.717, 1.165) is 29.4 Å². The average molecular weight is 301 g/mol. The molecule has 0 fully saturated rings. The Morgan fingerprint density at radius 3 is 2.82 bits per heavy atom. The molecule has 0 unspecified atom stereocenters. The minimum absolute atomic E-state index is 0.408. The van der Waals surface area contributed by atoms with Gasteiger partial charge in [0.1, 0.15) is 25.6 Å². The second-order valence-electron chi connectivity index (χ2n) is 5.10. The summed E-state index contributed by atoms with van der Waals surface area (Å²) in [4.78, 5) is 10.7. The van der Waals surface area contributed by atoms with E-state index >= 15 is 0 Å². The topological polar surface area (TPSA) is 56.7 Å². The van der Waals surface area contributed by atoms with Gasteiger partial charge in [0.25, 0.3) is 0 Å². The normalized spacial score (nSPS) is 13.0. The van der Waals surface area contributed by atoms with Crippen LogP contribution in [0.4, 0.5) is 5.82 Å². The number of ether oxygens (including phenoxy) is 3. The Labute approximate surface area is 129 Å². The first-order chi connectivity index (χ1) is 10.8. The van der Waals surface area contributed by atoms with Crippen molar-refractivity contribution < 1.29 is 14.2 Å². The Bertz CT molecular complexity index is 648. The van der Waals surface area contributed by atoms with Crippen LogP contribution in [-0.4, -0.2) is 37.3 Å². The highest BCUT2D eigenvalue weighted by Gasteiger charge is 2.13. The van der Waals surface area contributed by atoms with Gasteiger partial charge in [-0.2, -0.15) is 0 Å². The summed E-state index contributed by atoms with van der Waals surface area (Å²) in [5.41, 5.74) is 1.14. The number of anilines is 1. The largest absolute Gasteiger partial charge is 0.486 e. The van der Waals surface area contributed by atoms with E-state index < -0.39 is 0 Å². The molecule has 0 amide bonds. The molecule has 0 saturated carbocycles. The fraction of sp³-hybridized carbons (Fsp3) is 0.375. The lowest BCUT2D eigenvalue weighted by molar-refractivity contribution is 0.171. The van der Waals surface area contributed by atoms with Crippen LogP contribution in [0.15, 0.2) is 30.5 Å². The van der Waals surface area contributed by atoms with Gasteiger partial charge in [-0.25, -0.2) is 9.97 Å². The second kappa shape index (κ2) is 6.62. The highest BCUT2D eigenvalue weighted by atomic mass is 16.6. The molecule has 6 nitrogen and oxygen atoms in total. The van der Waals surface area contributed by atoms with Crippen LogP contribution in [-0.2, 0) is 17.9 Å². The number of methoxy groups -OCH3 is 1. The van der Waals surface area contributed by atoms with Gasteiger partial charge in [0.05, 0.1) is 0 Å². The molecule has 0 radical (unpaired) electrons. The van der Waals surface area contributed by atoms with Crippen molar-refractivity contribution in [2.45, 2.75) is 13.2 Å². The number of hydrogen-bond acceptors (Lipinski definition) is 6. The van der Waals surface area contributed by atoms with Crippen LogP contribution >= 0.6 is 0 Å². The van der Waals surface area contributed by atoms with Crippen molar-refractivity contribution in [2.24, 2.45) is 0 Å². The van der Waals surface area contributed by atoms with Crippen LogP contribution in [0.1, 0.15) is 11.4 Å². The predicted molar refractivity (Wildman–Crippen MR) is 82.3 cm³/mol. The fourth-order valence-corrected chi connectivity index (χ4v) is 2.34. The van der Waals surface area contributed by atoms with Gasteiger partial charge in [-0.3, -0.25) is 0 Å². The SMILES string of the molecule is COCc1nccc(N(C)Cc2ccc3c(c2)OCCO3)n1. The van der Waals surface area contributed by atoms with E-state index in [1.54, 1.807) is 13.3 Å². The first kappa shape index (κ1) is 14.6. The summed E-state index contributed by atoms with van der Waals surface area (Å²) in [7, 11) is 3.63. The van der Waals surface area contributed by atoms with E-state index in [-0.39, 0.29) is 0 Å². The van der Waals surface area contributed by atoms with Crippen LogP contribution in [0.25, 0.3) is 0 Å². The van der Waals surface area contributed by atoms with Gasteiger partial charge in [0.15, 0.2) is 17.3 Å². The Kier molecular flexibility index (Phi) is 4.39. The van der Waals surface area contributed by atoms with Crippen molar-refractivity contribution in [2.75, 3.05) is 32.3 Å². The van der Waals surface area contributed by atoms with Gasteiger partial charge >= 0.3 is 0 Å². The minimum atomic E-state index is 0.408. The Balaban J connectivity index is 1.73. The maximum atomic E-state index is 5.62. The van der Waals surface area contributed by atoms with Crippen molar-refractivity contribution in [1.82, 2.24) is 9.97 Å². The van der Waals surface area contributed by atoms with Crippen molar-refractivity contribution in [1.29, 1.82) is 0 Å². The van der Waals surface area contributed by atoms with Gasteiger partial charge in [0, 0.05) is 26.9 Å². The summed E-state index contributed by atoms with van der Waals surface area (Å²) in [6.07, 6.45) is 1.75. The average Bonchev–Trinajstić information content (AvgIpc) is 2.55. The summed E-state index contributed by atoms with van der Waals surface area (Å²) in [5.74, 6) is 3.15. The summed E-state index contributed by atoms with van der Waals surface area (Å²) in [6, 6.07) is 7.90. The molecule has 2 aromatic rings. The molecular formula is C16H19N3O3. The maximum absolute atomic E-state index is 5.62. The number of hydrogen-bond donors (Lipinski definition) is 0. The van der Waals surface area contributed by atoms with Crippen molar-refractivity contribution in [3.8, 4) is 11.5 Å². The highest BCUT2D eigenvalue weighted by Crippen LogP contribution is 2.31. The van der Waals surface area contributed by atoms with Gasteiger partial charge in [-0.05, 0) is 23.8 Å². The molecule has 0 atom stereocenters. The Hall–Kier alpha value is -2.34. The first-order valence-corrected chi connectivity index (χ1v) is 7.17. The molecule has 2 heterocycles. The molecule has 1 aliphatic rings. The highest BCUT2D eigenvalue weighted by molar-refractivity contribution is 5.45. The van der Waals surface area contributed by atoms with Gasteiger partial charge in [-0.15, -0.1) is 0 Å². The Morgan fingerprint density at radius 1 is 1.18 bits per heavy atom. The quantitative estimate of drug-likeness (QED) is 0.842. The number of rotatable bonds is 5. The van der Waals surface area contributed by atoms with Crippen LogP contribution in [0.2, 0.25) is 0 Å². The van der Waals surface area contributed by atoms with Gasteiger partial charge < -0.3 is 19.1 Å². The molecule has 0 spiro atoms. The second-order valence-corrected chi connectivity index (χ2v) is 5.10. The molecule has 0 bridgehead atoms. The van der Waals surface area contributed by atoms with Crippen LogP contribution in [0.5, 0.6) is 11.5 Å². The summed E-state index contributed by atoms with van der Waals surface area (Å²) < 4.78 is 16.2. The number of fused-ring (bicyclic) bond motifs is 1. The summed E-state index contributed by atoms with van der Waals surface area (Å²) >= 11 is 0. The number of aromatic nitrogens is 2. The zero-order valence-corrected chi connectivity index (χ0v) is 12.8. The Morgan fingerprint density at radius 2 is 2.00 bits per heavy atom. The summed E-state index contributed by atoms with van der Waals surface area (Å²) in [6.45, 7) is 2.33. The van der Waals surface area contributed by atoms with E-state index in [1.165, 1.54) is 0 Å². The van der Waals surface area contributed by atoms with Crippen LogP contribution in [0.3, 0.4) is 0 Å². The van der Waals surface area contributed by atoms with Crippen molar-refractivity contribution in [3.05, 3.63) is 41.9 Å². The predicted octanol–water partition coefficient (Wildman–Crippen LogP) is 2.03. The molecule has 6 heteroatoms. The van der Waals surface area contributed by atoms with E-state index in [9.17, 15) is 0 Å². The molecule has 1 aromatic heterocycles. The zero-order valence-electron chi connectivity index (χ0n) is 12.8. The monoisotopic (exact) mass is 301 g/mol. The lowest BCUT2D eigenvalue weighted by Crippen LogP contribution is -2.19. The molecule has 3 rings (SSSR count). The van der Waals surface area contributed by atoms with E-state index in [0.29, 0.717) is 25.6 Å². The lowest BCUT2D eigenvalue weighted by Gasteiger charge is -2.21. The van der Waals surface area contributed by atoms with Crippen LogP contribution < -0.4 is 14.4 Å². The molecule has 1 aromatic carbocycles. The smallest absolute Gasteiger partial charge is 0.161 e. The van der Waals surface area contributed by atoms with E-state index in [1.807, 2.05) is 31.3 Å². The van der Waals surface area contributed by atoms with E-state index in [4.69, 9.17) is 14.2 Å². The van der Waals surface area contributed by atoms with Crippen molar-refractivity contribution >= 4 is 5.82 Å². The van der Waals surface area contributed by atoms with Crippen molar-refractivity contribution in [3.63, 3.8) is 0 Å². The van der Waals surface area contributed by atoms with E-state index in [2.05, 4.69) is 14.9 Å². The van der Waals surface area contributed by atoms with Crippen LogP contribution in [0, 0.1) is 0 Å². The zero-order chi connectivity index (χ0) is 15.4. The maximum Gasteiger partial charge on any atom is 0.161 e. The third-order valence-corrected chi connectivity index (χ3v) is 3.38. The molecule has 1 aliphatic heterocycles. The first-order valence-electron chi connectivity index (χ1n) is 7.17. The van der Waals surface area contributed by atoms with Gasteiger partial charge in [-0.1, -0.05) is 6.07 Å².